The Bertz CT molecular complexity index is 310. The molecule has 1 aliphatic heterocycles. The lowest BCUT2D eigenvalue weighted by atomic mass is 10.2. The van der Waals surface area contributed by atoms with Crippen LogP contribution in [0.25, 0.3) is 0 Å². The number of carbonyl (C=O) groups is 2. The van der Waals surface area contributed by atoms with Crippen molar-refractivity contribution in [3.05, 3.63) is 24.8 Å². The molecule has 1 saturated heterocycles. The van der Waals surface area contributed by atoms with Crippen LogP contribution in [0.15, 0.2) is 24.8 Å². The lowest BCUT2D eigenvalue weighted by molar-refractivity contribution is -0.145. The van der Waals surface area contributed by atoms with E-state index in [1.807, 2.05) is 0 Å². The number of esters is 1. The summed E-state index contributed by atoms with van der Waals surface area (Å²) in [6.45, 7) is 5.68. The molecule has 1 fully saturated rings. The van der Waals surface area contributed by atoms with E-state index in [-0.39, 0.29) is 6.10 Å². The van der Waals surface area contributed by atoms with Gasteiger partial charge < -0.3 is 19.0 Å². The molecule has 0 saturated carbocycles. The highest BCUT2D eigenvalue weighted by molar-refractivity contribution is 5.67. The second-order valence-corrected chi connectivity index (χ2v) is 3.53. The van der Waals surface area contributed by atoms with Gasteiger partial charge in [0.1, 0.15) is 18.3 Å². The summed E-state index contributed by atoms with van der Waals surface area (Å²) in [5.74, 6) is -0.410. The van der Waals surface area contributed by atoms with Crippen molar-refractivity contribution in [3.8, 4) is 0 Å². The first-order chi connectivity index (χ1) is 8.19. The van der Waals surface area contributed by atoms with Crippen molar-refractivity contribution in [1.82, 2.24) is 0 Å². The molecule has 94 valence electrons. The van der Waals surface area contributed by atoms with Gasteiger partial charge in [-0.25, -0.2) is 0 Å². The number of aldehydes is 1. The topological polar surface area (TPSA) is 65.1 Å². The maximum absolute atomic E-state index is 10.9. The van der Waals surface area contributed by atoms with Gasteiger partial charge in [-0.2, -0.15) is 0 Å². The highest BCUT2D eigenvalue weighted by Crippen LogP contribution is 2.26. The summed E-state index contributed by atoms with van der Waals surface area (Å²) >= 11 is 0. The van der Waals surface area contributed by atoms with Crippen LogP contribution in [0.2, 0.25) is 0 Å². The molecule has 0 N–H and O–H groups in total. The van der Waals surface area contributed by atoms with Crippen molar-refractivity contribution in [2.45, 2.75) is 25.2 Å². The zero-order valence-corrected chi connectivity index (χ0v) is 9.70. The van der Waals surface area contributed by atoms with Crippen LogP contribution in [0.4, 0.5) is 0 Å². The lowest BCUT2D eigenvalue weighted by Gasteiger charge is -2.09. The van der Waals surface area contributed by atoms with Crippen LogP contribution in [0, 0.1) is 0 Å². The van der Waals surface area contributed by atoms with E-state index in [1.54, 1.807) is 18.2 Å². The van der Waals surface area contributed by atoms with Gasteiger partial charge in [0.05, 0.1) is 13.2 Å². The Balaban J connectivity index is 2.38. The second kappa shape index (κ2) is 6.98. The third-order valence-electron chi connectivity index (χ3n) is 2.10. The fourth-order valence-electron chi connectivity index (χ4n) is 1.33. The van der Waals surface area contributed by atoms with Gasteiger partial charge in [-0.3, -0.25) is 4.79 Å². The van der Waals surface area contributed by atoms with Gasteiger partial charge in [0.25, 0.3) is 0 Å². The molecule has 0 amide bonds. The Labute approximate surface area is 100 Å². The van der Waals surface area contributed by atoms with E-state index in [4.69, 9.17) is 14.2 Å². The predicted molar refractivity (Wildman–Crippen MR) is 60.4 cm³/mol. The fourth-order valence-corrected chi connectivity index (χ4v) is 1.33. The number of epoxide rings is 1. The van der Waals surface area contributed by atoms with Crippen molar-refractivity contribution in [2.24, 2.45) is 0 Å². The minimum Gasteiger partial charge on any atom is -0.455 e. The lowest BCUT2D eigenvalue weighted by Crippen LogP contribution is -2.22. The van der Waals surface area contributed by atoms with Crippen molar-refractivity contribution in [1.29, 1.82) is 0 Å². The molecule has 0 unspecified atom stereocenters. The quantitative estimate of drug-likeness (QED) is 0.205. The summed E-state index contributed by atoms with van der Waals surface area (Å²) in [5.41, 5.74) is 0. The molecular weight excluding hydrogens is 224 g/mol. The first-order valence-corrected chi connectivity index (χ1v) is 5.32. The van der Waals surface area contributed by atoms with Crippen molar-refractivity contribution < 1.29 is 23.8 Å². The SMILES string of the molecule is C=CCOC/C=C\[C@@H](OC(C)=O)[C@@H]1O[C@@H]1C=O. The summed E-state index contributed by atoms with van der Waals surface area (Å²) in [6, 6.07) is 0. The van der Waals surface area contributed by atoms with Crippen LogP contribution in [0.5, 0.6) is 0 Å². The minimum absolute atomic E-state index is 0.368. The van der Waals surface area contributed by atoms with E-state index in [0.717, 1.165) is 0 Å². The van der Waals surface area contributed by atoms with E-state index in [0.29, 0.717) is 19.5 Å². The third kappa shape index (κ3) is 4.93. The molecule has 0 aromatic heterocycles. The van der Waals surface area contributed by atoms with Gasteiger partial charge in [-0.05, 0) is 6.08 Å². The van der Waals surface area contributed by atoms with Gasteiger partial charge in [0.2, 0.25) is 0 Å². The fraction of sp³-hybridized carbons (Fsp3) is 0.500. The van der Waals surface area contributed by atoms with E-state index in [2.05, 4.69) is 6.58 Å². The maximum atomic E-state index is 10.9. The average Bonchev–Trinajstić information content (AvgIpc) is 3.06. The van der Waals surface area contributed by atoms with E-state index < -0.39 is 18.2 Å². The first-order valence-electron chi connectivity index (χ1n) is 5.32. The average molecular weight is 240 g/mol. The minimum atomic E-state index is -0.532. The van der Waals surface area contributed by atoms with Crippen LogP contribution in [0.1, 0.15) is 6.92 Å². The van der Waals surface area contributed by atoms with Crippen LogP contribution >= 0.6 is 0 Å². The molecule has 1 heterocycles. The molecule has 0 bridgehead atoms. The summed E-state index contributed by atoms with van der Waals surface area (Å²) in [5, 5.41) is 0. The van der Waals surface area contributed by atoms with Crippen LogP contribution in [0.3, 0.4) is 0 Å². The highest BCUT2D eigenvalue weighted by atomic mass is 16.6. The predicted octanol–water partition coefficient (Wildman–Crippen LogP) is 0.643. The van der Waals surface area contributed by atoms with Gasteiger partial charge in [0, 0.05) is 6.92 Å². The zero-order chi connectivity index (χ0) is 12.7. The molecule has 1 rings (SSSR count). The Kier molecular flexibility index (Phi) is 5.59. The smallest absolute Gasteiger partial charge is 0.303 e. The summed E-state index contributed by atoms with van der Waals surface area (Å²) in [7, 11) is 0. The molecule has 0 radical (unpaired) electrons. The van der Waals surface area contributed by atoms with Gasteiger partial charge >= 0.3 is 5.97 Å². The monoisotopic (exact) mass is 240 g/mol. The van der Waals surface area contributed by atoms with Gasteiger partial charge in [-0.15, -0.1) is 6.58 Å². The van der Waals surface area contributed by atoms with Gasteiger partial charge in [-0.1, -0.05) is 12.2 Å². The molecule has 0 aromatic carbocycles. The van der Waals surface area contributed by atoms with Gasteiger partial charge in [0.15, 0.2) is 6.29 Å². The zero-order valence-electron chi connectivity index (χ0n) is 9.70. The normalized spacial score (nSPS) is 24.3. The Hall–Kier alpha value is -1.46. The van der Waals surface area contributed by atoms with E-state index in [1.165, 1.54) is 6.92 Å². The maximum Gasteiger partial charge on any atom is 0.303 e. The number of hydrogen-bond acceptors (Lipinski definition) is 5. The molecule has 5 heteroatoms. The largest absolute Gasteiger partial charge is 0.455 e. The highest BCUT2D eigenvalue weighted by Gasteiger charge is 2.45. The number of rotatable bonds is 8. The van der Waals surface area contributed by atoms with Crippen LogP contribution < -0.4 is 0 Å². The molecule has 0 spiro atoms. The summed E-state index contributed by atoms with van der Waals surface area (Å²) < 4.78 is 15.2. The molecular formula is C12H16O5. The Morgan fingerprint density at radius 3 is 2.82 bits per heavy atom. The number of hydrogen-bond donors (Lipinski definition) is 0. The van der Waals surface area contributed by atoms with E-state index in [9.17, 15) is 9.59 Å². The second-order valence-electron chi connectivity index (χ2n) is 3.53. The first kappa shape index (κ1) is 13.6. The molecule has 0 aliphatic carbocycles. The van der Waals surface area contributed by atoms with Crippen molar-refractivity contribution in [2.75, 3.05) is 13.2 Å². The van der Waals surface area contributed by atoms with E-state index >= 15 is 0 Å². The Morgan fingerprint density at radius 2 is 2.29 bits per heavy atom. The Morgan fingerprint density at radius 1 is 1.53 bits per heavy atom. The standard InChI is InChI=1S/C12H16O5/c1-3-6-15-7-4-5-10(16-9(2)14)12-11(8-13)17-12/h3-5,8,10-12H,1,6-7H2,2H3/b5-4-/t10-,11-,12+/m1/s1. The molecule has 3 atom stereocenters. The number of carbonyl (C=O) groups excluding carboxylic acids is 2. The summed E-state index contributed by atoms with van der Waals surface area (Å²) in [4.78, 5) is 21.3. The third-order valence-corrected chi connectivity index (χ3v) is 2.10. The van der Waals surface area contributed by atoms with Crippen molar-refractivity contribution >= 4 is 12.3 Å². The summed E-state index contributed by atoms with van der Waals surface area (Å²) in [6.07, 6.45) is 4.35. The van der Waals surface area contributed by atoms with Crippen LogP contribution in [-0.2, 0) is 23.8 Å². The van der Waals surface area contributed by atoms with Crippen molar-refractivity contribution in [3.63, 3.8) is 0 Å². The number of ether oxygens (including phenoxy) is 3. The van der Waals surface area contributed by atoms with Crippen LogP contribution in [-0.4, -0.2) is 43.8 Å². The molecule has 1 aliphatic rings. The molecule has 17 heavy (non-hydrogen) atoms. The molecule has 5 nitrogen and oxygen atoms in total. The molecule has 0 aromatic rings.